The third kappa shape index (κ3) is 6.38. The first-order chi connectivity index (χ1) is 13.4. The van der Waals surface area contributed by atoms with Crippen LogP contribution in [0.25, 0.3) is 0 Å². The Bertz CT molecular complexity index is 868. The number of carbonyl (C=O) groups excluding carboxylic acids is 2. The van der Waals surface area contributed by atoms with Gasteiger partial charge in [-0.05, 0) is 65.7 Å². The average Bonchev–Trinajstić information content (AvgIpc) is 2.67. The molecule has 2 N–H and O–H groups in total. The van der Waals surface area contributed by atoms with Crippen LogP contribution in [0.15, 0.2) is 52.0 Å². The second kappa shape index (κ2) is 10.5. The van der Waals surface area contributed by atoms with Crippen LogP contribution in [-0.4, -0.2) is 37.8 Å². The van der Waals surface area contributed by atoms with Gasteiger partial charge in [0.2, 0.25) is 0 Å². The molecular weight excluding hydrogens is 426 g/mol. The van der Waals surface area contributed by atoms with Crippen LogP contribution < -0.4 is 20.2 Å². The largest absolute Gasteiger partial charge is 0.496 e. The van der Waals surface area contributed by atoms with Crippen molar-refractivity contribution in [2.45, 2.75) is 20.0 Å². The standard InChI is InChI=1S/C20H22BrN3O4/c1-13(2)28-18-9-8-14(10-16(18)21)11-23-24-19(25)12-22-20(26)15-6-4-5-7-17(15)27-3/h4-11,13H,12H2,1-3H3,(H,22,26)(H,24,25). The van der Waals surface area contributed by atoms with Crippen LogP contribution in [0.5, 0.6) is 11.5 Å². The quantitative estimate of drug-likeness (QED) is 0.480. The molecule has 2 amide bonds. The first kappa shape index (κ1) is 21.4. The van der Waals surface area contributed by atoms with Crippen LogP contribution in [0.2, 0.25) is 0 Å². The van der Waals surface area contributed by atoms with Gasteiger partial charge in [-0.2, -0.15) is 5.10 Å². The number of nitrogens with zero attached hydrogens (tertiary/aromatic N) is 1. The number of ether oxygens (including phenoxy) is 2. The number of benzene rings is 2. The summed E-state index contributed by atoms with van der Waals surface area (Å²) in [5, 5.41) is 6.42. The summed E-state index contributed by atoms with van der Waals surface area (Å²) in [6.45, 7) is 3.69. The Balaban J connectivity index is 1.85. The molecule has 0 bridgehead atoms. The molecule has 28 heavy (non-hydrogen) atoms. The smallest absolute Gasteiger partial charge is 0.259 e. The van der Waals surface area contributed by atoms with Gasteiger partial charge in [-0.25, -0.2) is 5.43 Å². The molecule has 2 aromatic rings. The van der Waals surface area contributed by atoms with E-state index in [0.29, 0.717) is 11.3 Å². The van der Waals surface area contributed by atoms with Gasteiger partial charge in [0.15, 0.2) is 0 Å². The summed E-state index contributed by atoms with van der Waals surface area (Å²) < 4.78 is 11.6. The molecule has 0 atom stereocenters. The molecule has 0 heterocycles. The van der Waals surface area contributed by atoms with Gasteiger partial charge in [0, 0.05) is 0 Å². The number of nitrogens with one attached hydrogen (secondary N) is 2. The van der Waals surface area contributed by atoms with Crippen molar-refractivity contribution in [3.05, 3.63) is 58.1 Å². The summed E-state index contributed by atoms with van der Waals surface area (Å²) in [6.07, 6.45) is 1.57. The first-order valence-electron chi connectivity index (χ1n) is 8.60. The fourth-order valence-corrected chi connectivity index (χ4v) is 2.74. The number of amides is 2. The number of rotatable bonds is 8. The number of hydrogen-bond acceptors (Lipinski definition) is 5. The minimum absolute atomic E-state index is 0.0705. The molecule has 0 spiro atoms. The number of hydrogen-bond donors (Lipinski definition) is 2. The summed E-state index contributed by atoms with van der Waals surface area (Å²) in [4.78, 5) is 24.0. The maximum atomic E-state index is 12.1. The molecule has 0 unspecified atom stereocenters. The summed E-state index contributed by atoms with van der Waals surface area (Å²) in [7, 11) is 1.48. The monoisotopic (exact) mass is 447 g/mol. The van der Waals surface area contributed by atoms with Crippen molar-refractivity contribution in [3.63, 3.8) is 0 Å². The zero-order chi connectivity index (χ0) is 20.5. The molecule has 2 aromatic carbocycles. The third-order valence-corrected chi connectivity index (χ3v) is 4.10. The van der Waals surface area contributed by atoms with E-state index in [9.17, 15) is 9.59 Å². The Labute approximate surface area is 172 Å². The van der Waals surface area contributed by atoms with Crippen molar-refractivity contribution in [2.75, 3.05) is 13.7 Å². The highest BCUT2D eigenvalue weighted by Gasteiger charge is 2.12. The van der Waals surface area contributed by atoms with E-state index in [1.165, 1.54) is 13.3 Å². The van der Waals surface area contributed by atoms with E-state index in [2.05, 4.69) is 31.8 Å². The van der Waals surface area contributed by atoms with E-state index in [0.717, 1.165) is 15.8 Å². The molecule has 7 nitrogen and oxygen atoms in total. The second-order valence-electron chi connectivity index (χ2n) is 6.03. The van der Waals surface area contributed by atoms with Crippen molar-refractivity contribution in [2.24, 2.45) is 5.10 Å². The molecule has 0 aliphatic heterocycles. The molecule has 2 rings (SSSR count). The Morgan fingerprint density at radius 1 is 1.18 bits per heavy atom. The topological polar surface area (TPSA) is 89.0 Å². The predicted molar refractivity (Wildman–Crippen MR) is 111 cm³/mol. The third-order valence-electron chi connectivity index (χ3n) is 3.48. The van der Waals surface area contributed by atoms with Gasteiger partial charge in [-0.15, -0.1) is 0 Å². The van der Waals surface area contributed by atoms with E-state index >= 15 is 0 Å². The zero-order valence-electron chi connectivity index (χ0n) is 15.9. The molecule has 148 valence electrons. The lowest BCUT2D eigenvalue weighted by atomic mass is 10.2. The number of hydrazone groups is 1. The number of para-hydroxylation sites is 1. The van der Waals surface area contributed by atoms with Crippen LogP contribution >= 0.6 is 15.9 Å². The lowest BCUT2D eigenvalue weighted by molar-refractivity contribution is -0.120. The van der Waals surface area contributed by atoms with E-state index in [1.807, 2.05) is 32.0 Å². The fraction of sp³-hybridized carbons (Fsp3) is 0.250. The minimum atomic E-state index is -0.446. The van der Waals surface area contributed by atoms with Crippen LogP contribution in [0.1, 0.15) is 29.8 Å². The number of methoxy groups -OCH3 is 1. The van der Waals surface area contributed by atoms with Gasteiger partial charge in [0.1, 0.15) is 11.5 Å². The van der Waals surface area contributed by atoms with Crippen LogP contribution in [0, 0.1) is 0 Å². The van der Waals surface area contributed by atoms with Gasteiger partial charge in [-0.3, -0.25) is 9.59 Å². The maximum absolute atomic E-state index is 12.1. The first-order valence-corrected chi connectivity index (χ1v) is 9.39. The SMILES string of the molecule is COc1ccccc1C(=O)NCC(=O)NN=Cc1ccc(OC(C)C)c(Br)c1. The minimum Gasteiger partial charge on any atom is -0.496 e. The molecule has 8 heteroatoms. The van der Waals surface area contributed by atoms with Crippen molar-refractivity contribution in [3.8, 4) is 11.5 Å². The number of halogens is 1. The molecule has 0 aromatic heterocycles. The Morgan fingerprint density at radius 2 is 1.93 bits per heavy atom. The van der Waals surface area contributed by atoms with Gasteiger partial charge >= 0.3 is 0 Å². The van der Waals surface area contributed by atoms with Crippen LogP contribution in [-0.2, 0) is 4.79 Å². The highest BCUT2D eigenvalue weighted by molar-refractivity contribution is 9.10. The van der Waals surface area contributed by atoms with Crippen molar-refractivity contribution < 1.29 is 19.1 Å². The molecule has 0 saturated carbocycles. The maximum Gasteiger partial charge on any atom is 0.259 e. The summed E-state index contributed by atoms with van der Waals surface area (Å²) >= 11 is 3.44. The Kier molecular flexibility index (Phi) is 8.01. The van der Waals surface area contributed by atoms with E-state index < -0.39 is 11.8 Å². The predicted octanol–water partition coefficient (Wildman–Crippen LogP) is 3.13. The summed E-state index contributed by atoms with van der Waals surface area (Å²) in [5.41, 5.74) is 3.51. The summed E-state index contributed by atoms with van der Waals surface area (Å²) in [5.74, 6) is 0.323. The Hall–Kier alpha value is -2.87. The van der Waals surface area contributed by atoms with Gasteiger partial charge in [0.25, 0.3) is 11.8 Å². The van der Waals surface area contributed by atoms with Crippen LogP contribution in [0.4, 0.5) is 0 Å². The lowest BCUT2D eigenvalue weighted by Crippen LogP contribution is -2.35. The van der Waals surface area contributed by atoms with Gasteiger partial charge in [0.05, 0.1) is 36.0 Å². The molecule has 0 aliphatic rings. The zero-order valence-corrected chi connectivity index (χ0v) is 17.4. The molecular formula is C20H22BrN3O4. The van der Waals surface area contributed by atoms with Crippen molar-refractivity contribution in [1.29, 1.82) is 0 Å². The Morgan fingerprint density at radius 3 is 2.61 bits per heavy atom. The normalized spacial score (nSPS) is 10.8. The highest BCUT2D eigenvalue weighted by atomic mass is 79.9. The molecule has 0 saturated heterocycles. The van der Waals surface area contributed by atoms with E-state index in [4.69, 9.17) is 9.47 Å². The second-order valence-corrected chi connectivity index (χ2v) is 6.89. The van der Waals surface area contributed by atoms with E-state index in [1.54, 1.807) is 24.3 Å². The molecule has 0 aliphatic carbocycles. The molecule has 0 fully saturated rings. The lowest BCUT2D eigenvalue weighted by Gasteiger charge is -2.11. The summed E-state index contributed by atoms with van der Waals surface area (Å²) in [6, 6.07) is 12.2. The van der Waals surface area contributed by atoms with E-state index in [-0.39, 0.29) is 12.6 Å². The van der Waals surface area contributed by atoms with Crippen molar-refractivity contribution >= 4 is 34.0 Å². The van der Waals surface area contributed by atoms with Crippen LogP contribution in [0.3, 0.4) is 0 Å². The molecule has 0 radical (unpaired) electrons. The number of carbonyl (C=O) groups is 2. The fourth-order valence-electron chi connectivity index (χ4n) is 2.25. The van der Waals surface area contributed by atoms with Crippen molar-refractivity contribution in [1.82, 2.24) is 10.7 Å². The van der Waals surface area contributed by atoms with Gasteiger partial charge in [-0.1, -0.05) is 12.1 Å². The van der Waals surface area contributed by atoms with Gasteiger partial charge < -0.3 is 14.8 Å². The highest BCUT2D eigenvalue weighted by Crippen LogP contribution is 2.26. The average molecular weight is 448 g/mol.